The zero-order chi connectivity index (χ0) is 10.3. The van der Waals surface area contributed by atoms with Crippen molar-refractivity contribution in [3.05, 3.63) is 22.9 Å². The molecule has 2 unspecified atom stereocenters. The SMILES string of the molecule is Brc1cncc(N2CC3CCC2CN3)c1. The minimum Gasteiger partial charge on any atom is -0.364 e. The van der Waals surface area contributed by atoms with Crippen molar-refractivity contribution in [3.8, 4) is 0 Å². The highest BCUT2D eigenvalue weighted by Crippen LogP contribution is 2.28. The van der Waals surface area contributed by atoms with Gasteiger partial charge in [-0.1, -0.05) is 0 Å². The number of hydrogen-bond acceptors (Lipinski definition) is 3. The van der Waals surface area contributed by atoms with Crippen LogP contribution in [0.15, 0.2) is 22.9 Å². The minimum absolute atomic E-state index is 0.658. The van der Waals surface area contributed by atoms with Crippen LogP contribution in [-0.2, 0) is 0 Å². The van der Waals surface area contributed by atoms with Crippen molar-refractivity contribution in [2.75, 3.05) is 18.0 Å². The van der Waals surface area contributed by atoms with Crippen molar-refractivity contribution in [2.45, 2.75) is 24.9 Å². The number of fused-ring (bicyclic) bond motifs is 3. The highest BCUT2D eigenvalue weighted by molar-refractivity contribution is 9.10. The highest BCUT2D eigenvalue weighted by Gasteiger charge is 2.33. The number of nitrogens with one attached hydrogen (secondary N) is 1. The largest absolute Gasteiger partial charge is 0.364 e. The van der Waals surface area contributed by atoms with E-state index in [-0.39, 0.29) is 0 Å². The van der Waals surface area contributed by atoms with Crippen LogP contribution >= 0.6 is 15.9 Å². The van der Waals surface area contributed by atoms with Crippen LogP contribution in [0.5, 0.6) is 0 Å². The molecule has 1 N–H and O–H groups in total. The van der Waals surface area contributed by atoms with E-state index in [2.05, 4.69) is 37.2 Å². The van der Waals surface area contributed by atoms with E-state index < -0.39 is 0 Å². The number of piperidine rings is 2. The Morgan fingerprint density at radius 1 is 1.40 bits per heavy atom. The molecule has 4 rings (SSSR count). The van der Waals surface area contributed by atoms with Gasteiger partial charge in [-0.2, -0.15) is 0 Å². The molecule has 4 heterocycles. The first kappa shape index (κ1) is 9.60. The van der Waals surface area contributed by atoms with Gasteiger partial charge >= 0.3 is 0 Å². The molecular formula is C11H14BrN3. The molecule has 0 spiro atoms. The molecule has 80 valence electrons. The van der Waals surface area contributed by atoms with Gasteiger partial charge < -0.3 is 10.2 Å². The molecule has 0 aromatic carbocycles. The van der Waals surface area contributed by atoms with Crippen molar-refractivity contribution >= 4 is 21.6 Å². The molecule has 0 aliphatic carbocycles. The van der Waals surface area contributed by atoms with E-state index >= 15 is 0 Å². The van der Waals surface area contributed by atoms with E-state index in [1.54, 1.807) is 0 Å². The summed E-state index contributed by atoms with van der Waals surface area (Å²) >= 11 is 3.48. The lowest BCUT2D eigenvalue weighted by molar-refractivity contribution is 0.290. The molecule has 1 aromatic heterocycles. The van der Waals surface area contributed by atoms with Crippen LogP contribution in [0.1, 0.15) is 12.8 Å². The summed E-state index contributed by atoms with van der Waals surface area (Å²) in [4.78, 5) is 6.72. The van der Waals surface area contributed by atoms with Crippen LogP contribution in [0.3, 0.4) is 0 Å². The molecule has 3 nitrogen and oxygen atoms in total. The van der Waals surface area contributed by atoms with E-state index in [0.29, 0.717) is 12.1 Å². The Morgan fingerprint density at radius 2 is 2.33 bits per heavy atom. The molecule has 3 aliphatic heterocycles. The summed E-state index contributed by atoms with van der Waals surface area (Å²) in [5, 5.41) is 3.56. The van der Waals surface area contributed by atoms with Crippen molar-refractivity contribution < 1.29 is 0 Å². The minimum atomic E-state index is 0.658. The van der Waals surface area contributed by atoms with E-state index in [0.717, 1.165) is 17.6 Å². The summed E-state index contributed by atoms with van der Waals surface area (Å²) in [6.07, 6.45) is 6.43. The molecule has 3 saturated heterocycles. The molecule has 0 radical (unpaired) electrons. The third kappa shape index (κ3) is 1.76. The average Bonchev–Trinajstić information content (AvgIpc) is 2.30. The Hall–Kier alpha value is -0.610. The molecule has 4 heteroatoms. The Balaban J connectivity index is 1.88. The Bertz CT molecular complexity index is 361. The van der Waals surface area contributed by atoms with Gasteiger partial charge in [-0.05, 0) is 34.8 Å². The van der Waals surface area contributed by atoms with Crippen LogP contribution in [0.2, 0.25) is 0 Å². The van der Waals surface area contributed by atoms with Gasteiger partial charge in [-0.3, -0.25) is 4.98 Å². The molecule has 15 heavy (non-hydrogen) atoms. The molecule has 0 amide bonds. The number of piperazine rings is 1. The van der Waals surface area contributed by atoms with Gasteiger partial charge in [-0.25, -0.2) is 0 Å². The molecular weight excluding hydrogens is 254 g/mol. The van der Waals surface area contributed by atoms with Crippen molar-refractivity contribution in [3.63, 3.8) is 0 Å². The average molecular weight is 268 g/mol. The van der Waals surface area contributed by atoms with Crippen molar-refractivity contribution in [2.24, 2.45) is 0 Å². The lowest BCUT2D eigenvalue weighted by atomic mass is 9.93. The van der Waals surface area contributed by atoms with Crippen LogP contribution in [0.25, 0.3) is 0 Å². The standard InChI is InChI=1S/C11H14BrN3/c12-8-3-11(5-13-4-8)15-7-9-1-2-10(15)6-14-9/h3-5,9-10,14H,1-2,6-7H2. The number of aromatic nitrogens is 1. The lowest BCUT2D eigenvalue weighted by Gasteiger charge is -2.47. The normalized spacial score (nSPS) is 29.5. The van der Waals surface area contributed by atoms with Gasteiger partial charge in [0.1, 0.15) is 0 Å². The molecule has 2 atom stereocenters. The fraction of sp³-hybridized carbons (Fsp3) is 0.545. The van der Waals surface area contributed by atoms with Gasteiger partial charge in [-0.15, -0.1) is 0 Å². The third-order valence-electron chi connectivity index (χ3n) is 3.37. The predicted molar refractivity (Wildman–Crippen MR) is 64.1 cm³/mol. The number of halogens is 1. The number of rotatable bonds is 1. The van der Waals surface area contributed by atoms with Crippen LogP contribution in [0, 0.1) is 0 Å². The second kappa shape index (κ2) is 3.76. The van der Waals surface area contributed by atoms with Crippen LogP contribution in [0.4, 0.5) is 5.69 Å². The Kier molecular flexibility index (Phi) is 2.41. The summed E-state index contributed by atoms with van der Waals surface area (Å²) in [6.45, 7) is 2.25. The quantitative estimate of drug-likeness (QED) is 0.841. The summed E-state index contributed by atoms with van der Waals surface area (Å²) < 4.78 is 1.06. The first-order valence-electron chi connectivity index (χ1n) is 5.43. The van der Waals surface area contributed by atoms with Crippen molar-refractivity contribution in [1.29, 1.82) is 0 Å². The lowest BCUT2D eigenvalue weighted by Crippen LogP contribution is -2.61. The molecule has 0 saturated carbocycles. The van der Waals surface area contributed by atoms with Gasteiger partial charge in [0, 0.05) is 35.8 Å². The Morgan fingerprint density at radius 3 is 2.93 bits per heavy atom. The number of hydrogen-bond donors (Lipinski definition) is 1. The maximum absolute atomic E-state index is 4.23. The molecule has 3 aliphatic rings. The van der Waals surface area contributed by atoms with E-state index in [4.69, 9.17) is 0 Å². The monoisotopic (exact) mass is 267 g/mol. The summed E-state index contributed by atoms with van der Waals surface area (Å²) in [7, 11) is 0. The first-order valence-corrected chi connectivity index (χ1v) is 6.23. The predicted octanol–water partition coefficient (Wildman–Crippen LogP) is 1.78. The third-order valence-corrected chi connectivity index (χ3v) is 3.80. The van der Waals surface area contributed by atoms with Crippen molar-refractivity contribution in [1.82, 2.24) is 10.3 Å². The topological polar surface area (TPSA) is 28.2 Å². The van der Waals surface area contributed by atoms with E-state index in [1.165, 1.54) is 18.5 Å². The smallest absolute Gasteiger partial charge is 0.0567 e. The van der Waals surface area contributed by atoms with Gasteiger partial charge in [0.2, 0.25) is 0 Å². The second-order valence-corrected chi connectivity index (χ2v) is 5.27. The number of pyridine rings is 1. The van der Waals surface area contributed by atoms with E-state index in [1.807, 2.05) is 12.4 Å². The van der Waals surface area contributed by atoms with Gasteiger partial charge in [0.05, 0.1) is 11.9 Å². The summed E-state index contributed by atoms with van der Waals surface area (Å²) in [5.41, 5.74) is 1.25. The van der Waals surface area contributed by atoms with E-state index in [9.17, 15) is 0 Å². The maximum Gasteiger partial charge on any atom is 0.0567 e. The first-order chi connectivity index (χ1) is 7.33. The van der Waals surface area contributed by atoms with Crippen LogP contribution < -0.4 is 10.2 Å². The second-order valence-electron chi connectivity index (χ2n) is 4.35. The number of nitrogens with zero attached hydrogens (tertiary/aromatic N) is 2. The molecule has 2 bridgehead atoms. The Labute approximate surface area is 98.0 Å². The zero-order valence-electron chi connectivity index (χ0n) is 8.49. The fourth-order valence-electron chi connectivity index (χ4n) is 2.58. The number of anilines is 1. The molecule has 3 fully saturated rings. The van der Waals surface area contributed by atoms with Gasteiger partial charge in [0.15, 0.2) is 0 Å². The fourth-order valence-corrected chi connectivity index (χ4v) is 2.94. The summed E-state index contributed by atoms with van der Waals surface area (Å²) in [6, 6.07) is 3.49. The zero-order valence-corrected chi connectivity index (χ0v) is 10.1. The highest BCUT2D eigenvalue weighted by atomic mass is 79.9. The summed E-state index contributed by atoms with van der Waals surface area (Å²) in [5.74, 6) is 0. The molecule has 1 aromatic rings. The van der Waals surface area contributed by atoms with Gasteiger partial charge in [0.25, 0.3) is 0 Å². The maximum atomic E-state index is 4.23. The van der Waals surface area contributed by atoms with Crippen LogP contribution in [-0.4, -0.2) is 30.2 Å².